The quantitative estimate of drug-likeness (QED) is 0.560. The van der Waals surface area contributed by atoms with Gasteiger partial charge in [-0.15, -0.1) is 0 Å². The van der Waals surface area contributed by atoms with Crippen molar-refractivity contribution in [3.8, 4) is 6.07 Å². The SMILES string of the molecule is CC(C)(CF)NC(=O)[C@]12CC1[C@@](C)(c1cc(NC(=O)c3ccc(C#N)cn3)ccc1F)N=C(N)S2. The van der Waals surface area contributed by atoms with Crippen LogP contribution in [0.2, 0.25) is 0 Å². The van der Waals surface area contributed by atoms with Gasteiger partial charge in [0.15, 0.2) is 5.17 Å². The van der Waals surface area contributed by atoms with E-state index in [0.717, 1.165) is 11.8 Å². The van der Waals surface area contributed by atoms with Crippen LogP contribution in [0.4, 0.5) is 14.5 Å². The number of thioether (sulfide) groups is 1. The first-order chi connectivity index (χ1) is 16.4. The number of hydrogen-bond donors (Lipinski definition) is 3. The van der Waals surface area contributed by atoms with Crippen LogP contribution in [0.1, 0.15) is 48.8 Å². The van der Waals surface area contributed by atoms with E-state index in [1.165, 1.54) is 36.5 Å². The van der Waals surface area contributed by atoms with E-state index in [1.807, 2.05) is 6.07 Å². The smallest absolute Gasteiger partial charge is 0.274 e. The number of carbonyl (C=O) groups excluding carboxylic acids is 2. The van der Waals surface area contributed by atoms with Gasteiger partial charge in [0.1, 0.15) is 29.0 Å². The maximum absolute atomic E-state index is 15.1. The summed E-state index contributed by atoms with van der Waals surface area (Å²) in [4.78, 5) is 34.2. The number of anilines is 1. The Morgan fingerprint density at radius 2 is 2.09 bits per heavy atom. The molecule has 2 aliphatic rings. The number of nitriles is 1. The molecule has 1 aliphatic carbocycles. The molecule has 0 saturated heterocycles. The van der Waals surface area contributed by atoms with Crippen LogP contribution in [0.25, 0.3) is 0 Å². The molecule has 8 nitrogen and oxygen atoms in total. The Kier molecular flexibility index (Phi) is 6.05. The molecule has 2 amide bonds. The zero-order valence-corrected chi connectivity index (χ0v) is 20.2. The summed E-state index contributed by atoms with van der Waals surface area (Å²) < 4.78 is 27.4. The van der Waals surface area contributed by atoms with E-state index in [2.05, 4.69) is 20.6 Å². The van der Waals surface area contributed by atoms with Crippen molar-refractivity contribution in [3.05, 3.63) is 59.2 Å². The van der Waals surface area contributed by atoms with Crippen molar-refractivity contribution in [1.29, 1.82) is 5.26 Å². The molecule has 3 atom stereocenters. The zero-order chi connectivity index (χ0) is 25.6. The van der Waals surface area contributed by atoms with E-state index in [-0.39, 0.29) is 28.3 Å². The average molecular weight is 499 g/mol. The third-order valence-electron chi connectivity index (χ3n) is 6.28. The summed E-state index contributed by atoms with van der Waals surface area (Å²) in [6.45, 7) is 4.12. The van der Waals surface area contributed by atoms with E-state index in [4.69, 9.17) is 11.0 Å². The number of nitrogens with two attached hydrogens (primary N) is 1. The lowest BCUT2D eigenvalue weighted by Crippen LogP contribution is -2.52. The van der Waals surface area contributed by atoms with Gasteiger partial charge in [-0.2, -0.15) is 5.26 Å². The van der Waals surface area contributed by atoms with Gasteiger partial charge >= 0.3 is 0 Å². The molecule has 0 radical (unpaired) electrons. The molecular formula is C24H24F2N6O2S. The van der Waals surface area contributed by atoms with Gasteiger partial charge in [-0.1, -0.05) is 11.8 Å². The van der Waals surface area contributed by atoms with Crippen LogP contribution >= 0.6 is 11.8 Å². The van der Waals surface area contributed by atoms with Crippen LogP contribution in [0.3, 0.4) is 0 Å². The lowest BCUT2D eigenvalue weighted by Gasteiger charge is -2.35. The van der Waals surface area contributed by atoms with Gasteiger partial charge in [-0.3, -0.25) is 14.6 Å². The summed E-state index contributed by atoms with van der Waals surface area (Å²) in [6.07, 6.45) is 1.67. The van der Waals surface area contributed by atoms with E-state index < -0.39 is 34.2 Å². The van der Waals surface area contributed by atoms with Crippen LogP contribution in [0, 0.1) is 23.1 Å². The van der Waals surface area contributed by atoms with E-state index in [9.17, 15) is 14.0 Å². The molecule has 4 rings (SSSR count). The number of hydrogen-bond acceptors (Lipinski definition) is 7. The number of fused-ring (bicyclic) bond motifs is 1. The number of nitrogens with zero attached hydrogens (tertiary/aromatic N) is 3. The molecule has 1 aromatic heterocycles. The number of amidine groups is 1. The second-order valence-electron chi connectivity index (χ2n) is 9.51. The number of pyridine rings is 1. The number of carbonyl (C=O) groups is 2. The molecule has 11 heteroatoms. The maximum atomic E-state index is 15.1. The van der Waals surface area contributed by atoms with Crippen molar-refractivity contribution in [1.82, 2.24) is 10.3 Å². The normalized spacial score (nSPS) is 25.0. The molecule has 1 saturated carbocycles. The van der Waals surface area contributed by atoms with Crippen LogP contribution in [-0.4, -0.2) is 38.9 Å². The predicted molar refractivity (Wildman–Crippen MR) is 129 cm³/mol. The van der Waals surface area contributed by atoms with E-state index >= 15 is 4.39 Å². The first kappa shape index (κ1) is 24.6. The van der Waals surface area contributed by atoms with Crippen LogP contribution in [-0.2, 0) is 10.3 Å². The Morgan fingerprint density at radius 1 is 1.34 bits per heavy atom. The van der Waals surface area contributed by atoms with Crippen LogP contribution in [0.15, 0.2) is 41.5 Å². The molecule has 2 heterocycles. The summed E-state index contributed by atoms with van der Waals surface area (Å²) in [7, 11) is 0. The minimum Gasteiger partial charge on any atom is -0.378 e. The molecular weight excluding hydrogens is 474 g/mol. The van der Waals surface area contributed by atoms with Gasteiger partial charge in [-0.05, 0) is 57.5 Å². The van der Waals surface area contributed by atoms with Gasteiger partial charge < -0.3 is 16.4 Å². The first-order valence-corrected chi connectivity index (χ1v) is 11.7. The highest BCUT2D eigenvalue weighted by atomic mass is 32.2. The zero-order valence-electron chi connectivity index (χ0n) is 19.4. The van der Waals surface area contributed by atoms with Gasteiger partial charge in [0.25, 0.3) is 5.91 Å². The van der Waals surface area contributed by atoms with Gasteiger partial charge in [-0.25, -0.2) is 13.8 Å². The number of aromatic nitrogens is 1. The van der Waals surface area contributed by atoms with Crippen molar-refractivity contribution in [2.75, 3.05) is 12.0 Å². The van der Waals surface area contributed by atoms with Crippen molar-refractivity contribution in [3.63, 3.8) is 0 Å². The fourth-order valence-corrected chi connectivity index (χ4v) is 5.67. The summed E-state index contributed by atoms with van der Waals surface area (Å²) >= 11 is 1.11. The van der Waals surface area contributed by atoms with Crippen LogP contribution in [0.5, 0.6) is 0 Å². The fourth-order valence-electron chi connectivity index (χ4n) is 4.30. The Bertz CT molecular complexity index is 1280. The van der Waals surface area contributed by atoms with Gasteiger partial charge in [0.05, 0.1) is 16.6 Å². The summed E-state index contributed by atoms with van der Waals surface area (Å²) in [5.41, 5.74) is 4.75. The second kappa shape index (κ2) is 8.61. The molecule has 1 fully saturated rings. The number of amides is 2. The third kappa shape index (κ3) is 4.46. The largest absolute Gasteiger partial charge is 0.378 e. The number of nitrogens with one attached hydrogen (secondary N) is 2. The van der Waals surface area contributed by atoms with E-state index in [0.29, 0.717) is 17.7 Å². The summed E-state index contributed by atoms with van der Waals surface area (Å²) in [6, 6.07) is 8.90. The Labute approximate surface area is 205 Å². The highest BCUT2D eigenvalue weighted by molar-refractivity contribution is 8.15. The number of rotatable bonds is 6. The van der Waals surface area contributed by atoms with E-state index in [1.54, 1.807) is 20.8 Å². The Hall–Kier alpha value is -3.52. The first-order valence-electron chi connectivity index (χ1n) is 10.8. The molecule has 0 spiro atoms. The standard InChI is InChI=1S/C24H24F2N6O2S/c1-22(2,12-25)31-20(34)24-9-18(24)23(3,32-21(28)35-24)15-8-14(5-6-16(15)26)30-19(33)17-7-4-13(10-27)11-29-17/h4-8,11,18H,9,12H2,1-3H3,(H2,28,32)(H,30,33)(H,31,34)/t18?,23-,24+/m1/s1. The van der Waals surface area contributed by atoms with Crippen molar-refractivity contribution < 1.29 is 18.4 Å². The molecule has 1 aliphatic heterocycles. The number of benzene rings is 1. The molecule has 35 heavy (non-hydrogen) atoms. The lowest BCUT2D eigenvalue weighted by molar-refractivity contribution is -0.123. The molecule has 1 aromatic carbocycles. The second-order valence-corrected chi connectivity index (χ2v) is 10.9. The monoisotopic (exact) mass is 498 g/mol. The fraction of sp³-hybridized carbons (Fsp3) is 0.375. The predicted octanol–water partition coefficient (Wildman–Crippen LogP) is 3.24. The summed E-state index contributed by atoms with van der Waals surface area (Å²) in [5, 5.41) is 14.4. The van der Waals surface area contributed by atoms with Crippen molar-refractivity contribution in [2.24, 2.45) is 16.6 Å². The Morgan fingerprint density at radius 3 is 2.71 bits per heavy atom. The minimum absolute atomic E-state index is 0.0887. The topological polar surface area (TPSA) is 133 Å². The van der Waals surface area contributed by atoms with Crippen molar-refractivity contribution in [2.45, 2.75) is 43.0 Å². The number of alkyl halides is 1. The maximum Gasteiger partial charge on any atom is 0.274 e. The molecule has 2 aromatic rings. The number of halogens is 2. The minimum atomic E-state index is -1.18. The Balaban J connectivity index is 1.62. The van der Waals surface area contributed by atoms with Gasteiger partial charge in [0.2, 0.25) is 5.91 Å². The molecule has 182 valence electrons. The van der Waals surface area contributed by atoms with Gasteiger partial charge in [0, 0.05) is 23.4 Å². The highest BCUT2D eigenvalue weighted by Crippen LogP contribution is 2.66. The lowest BCUT2D eigenvalue weighted by atomic mass is 9.85. The molecule has 0 bridgehead atoms. The molecule has 1 unspecified atom stereocenters. The van der Waals surface area contributed by atoms with Crippen molar-refractivity contribution >= 4 is 34.4 Å². The highest BCUT2D eigenvalue weighted by Gasteiger charge is 2.71. The van der Waals surface area contributed by atoms with Crippen LogP contribution < -0.4 is 16.4 Å². The summed E-state index contributed by atoms with van der Waals surface area (Å²) in [5.74, 6) is -1.84. The number of aliphatic imine (C=N–C) groups is 1. The molecule has 4 N–H and O–H groups in total. The third-order valence-corrected chi connectivity index (χ3v) is 7.58. The average Bonchev–Trinajstić information content (AvgIpc) is 3.57.